The van der Waals surface area contributed by atoms with Crippen molar-refractivity contribution < 1.29 is 19.2 Å². The van der Waals surface area contributed by atoms with E-state index >= 15 is 0 Å². The zero-order chi connectivity index (χ0) is 34.1. The molecule has 2 aliphatic carbocycles. The van der Waals surface area contributed by atoms with Crippen LogP contribution in [0.5, 0.6) is 0 Å². The molecule has 2 aromatic carbocycles. The number of carbonyl (C=O) groups is 4. The van der Waals surface area contributed by atoms with Gasteiger partial charge in [0.1, 0.15) is 11.6 Å². The van der Waals surface area contributed by atoms with Crippen molar-refractivity contribution in [3.8, 4) is 11.3 Å². The van der Waals surface area contributed by atoms with Crippen LogP contribution in [0.25, 0.3) is 22.3 Å². The average molecular weight is 674 g/mol. The molecule has 5 heterocycles. The number of anilines is 2. The molecule has 2 saturated heterocycles. The van der Waals surface area contributed by atoms with Crippen LogP contribution in [-0.4, -0.2) is 99.0 Å². The lowest BCUT2D eigenvalue weighted by molar-refractivity contribution is -0.136. The second kappa shape index (κ2) is 12.0. The van der Waals surface area contributed by atoms with E-state index < -0.39 is 29.7 Å². The molecule has 13 heteroatoms. The Bertz CT molecular complexity index is 2060. The monoisotopic (exact) mass is 673 g/mol. The quantitative estimate of drug-likeness (QED) is 0.266. The van der Waals surface area contributed by atoms with Gasteiger partial charge in [0.25, 0.3) is 11.8 Å². The number of amides is 4. The molecule has 0 spiro atoms. The van der Waals surface area contributed by atoms with E-state index in [1.807, 2.05) is 6.20 Å². The van der Waals surface area contributed by atoms with Crippen LogP contribution < -0.4 is 15.5 Å². The van der Waals surface area contributed by atoms with Gasteiger partial charge < -0.3 is 15.1 Å². The summed E-state index contributed by atoms with van der Waals surface area (Å²) in [4.78, 5) is 66.1. The van der Waals surface area contributed by atoms with Crippen molar-refractivity contribution in [3.05, 3.63) is 65.6 Å². The van der Waals surface area contributed by atoms with Gasteiger partial charge in [-0.05, 0) is 75.4 Å². The highest BCUT2D eigenvalue weighted by Crippen LogP contribution is 2.46. The number of nitrogens with zero attached hydrogens (tertiary/aromatic N) is 7. The van der Waals surface area contributed by atoms with Crippen molar-refractivity contribution in [3.63, 3.8) is 0 Å². The lowest BCUT2D eigenvalue weighted by atomic mass is 9.80. The Labute approximate surface area is 289 Å². The van der Waals surface area contributed by atoms with Crippen LogP contribution in [0.3, 0.4) is 0 Å². The molecule has 2 aromatic heterocycles. The van der Waals surface area contributed by atoms with Crippen molar-refractivity contribution in [1.29, 1.82) is 0 Å². The van der Waals surface area contributed by atoms with E-state index in [0.717, 1.165) is 103 Å². The first kappa shape index (κ1) is 30.9. The van der Waals surface area contributed by atoms with E-state index in [9.17, 15) is 19.2 Å². The molecule has 4 aromatic rings. The summed E-state index contributed by atoms with van der Waals surface area (Å²) < 4.78 is 2.13. The predicted molar refractivity (Wildman–Crippen MR) is 186 cm³/mol. The summed E-state index contributed by atoms with van der Waals surface area (Å²) in [5, 5.41) is 10.8. The highest BCUT2D eigenvalue weighted by Gasteiger charge is 2.45. The fraction of sp³-hybridized carbons (Fsp3) is 0.432. The minimum atomic E-state index is -0.972. The second-order valence-corrected chi connectivity index (χ2v) is 14.5. The van der Waals surface area contributed by atoms with Gasteiger partial charge in [-0.3, -0.25) is 39.1 Å². The summed E-state index contributed by atoms with van der Waals surface area (Å²) in [5.74, 6) is -1.10. The number of fused-ring (bicyclic) bond motifs is 2. The first-order valence-corrected chi connectivity index (χ1v) is 17.7. The molecular formula is C37H39N9O4. The first-order valence-electron chi connectivity index (χ1n) is 17.7. The van der Waals surface area contributed by atoms with Crippen LogP contribution in [-0.2, 0) is 9.59 Å². The Morgan fingerprint density at radius 3 is 2.50 bits per heavy atom. The van der Waals surface area contributed by atoms with E-state index in [1.54, 1.807) is 18.2 Å². The molecule has 4 fully saturated rings. The van der Waals surface area contributed by atoms with Gasteiger partial charge >= 0.3 is 0 Å². The number of likely N-dealkylation sites (N-methyl/N-ethyl adjacent to an activating group) is 1. The Kier molecular flexibility index (Phi) is 7.41. The third kappa shape index (κ3) is 5.40. The lowest BCUT2D eigenvalue weighted by Gasteiger charge is -2.35. The van der Waals surface area contributed by atoms with Gasteiger partial charge in [-0.25, -0.2) is 4.98 Å². The van der Waals surface area contributed by atoms with Gasteiger partial charge in [-0.1, -0.05) is 6.07 Å². The van der Waals surface area contributed by atoms with E-state index in [-0.39, 0.29) is 24.0 Å². The number of nitrogens with one attached hydrogen (secondary N) is 2. The number of aromatic nitrogens is 4. The number of carbonyl (C=O) groups excluding carboxylic acids is 4. The van der Waals surface area contributed by atoms with Crippen molar-refractivity contribution in [2.75, 3.05) is 50.0 Å². The van der Waals surface area contributed by atoms with E-state index in [4.69, 9.17) is 15.1 Å². The highest BCUT2D eigenvalue weighted by molar-refractivity contribution is 6.23. The van der Waals surface area contributed by atoms with Crippen molar-refractivity contribution in [2.45, 2.75) is 56.5 Å². The maximum absolute atomic E-state index is 13.2. The van der Waals surface area contributed by atoms with Gasteiger partial charge in [0.15, 0.2) is 0 Å². The van der Waals surface area contributed by atoms with Gasteiger partial charge in [0.2, 0.25) is 11.8 Å². The highest BCUT2D eigenvalue weighted by atomic mass is 16.2. The fourth-order valence-electron chi connectivity index (χ4n) is 7.83. The zero-order valence-electron chi connectivity index (χ0n) is 28.0. The predicted octanol–water partition coefficient (Wildman–Crippen LogP) is 3.59. The Balaban J connectivity index is 0.860. The number of imide groups is 2. The van der Waals surface area contributed by atoms with E-state index in [1.165, 1.54) is 0 Å². The number of benzene rings is 2. The summed E-state index contributed by atoms with van der Waals surface area (Å²) in [5.41, 5.74) is 7.39. The molecular weight excluding hydrogens is 634 g/mol. The number of piperidine rings is 1. The van der Waals surface area contributed by atoms with E-state index in [2.05, 4.69) is 56.6 Å². The first-order chi connectivity index (χ1) is 24.3. The summed E-state index contributed by atoms with van der Waals surface area (Å²) in [6.07, 6.45) is 8.56. The van der Waals surface area contributed by atoms with Gasteiger partial charge in [-0.2, -0.15) is 5.10 Å². The van der Waals surface area contributed by atoms with Crippen LogP contribution >= 0.6 is 0 Å². The molecule has 1 unspecified atom stereocenters. The molecule has 9 rings (SSSR count). The van der Waals surface area contributed by atoms with E-state index in [0.29, 0.717) is 17.9 Å². The van der Waals surface area contributed by atoms with Crippen LogP contribution in [0.2, 0.25) is 0 Å². The summed E-state index contributed by atoms with van der Waals surface area (Å²) in [6, 6.07) is 10.7. The number of rotatable bonds is 8. The molecule has 2 N–H and O–H groups in total. The van der Waals surface area contributed by atoms with Crippen molar-refractivity contribution in [1.82, 2.24) is 34.9 Å². The molecule has 13 nitrogen and oxygen atoms in total. The molecule has 4 amide bonds. The Morgan fingerprint density at radius 1 is 0.920 bits per heavy atom. The standard InChI is InChI=1S/C37H39N9O4/c1-43-11-13-44(14-12-43)30-4-2-3-28-34(30)39-19-29(40-28)27-20-45(42-33(27)22-5-6-22)24-15-21(16-24)18-38-23-7-8-25-26(17-23)37(50)46(36(25)49)31-9-10-32(47)41-35(31)48/h2-4,7-8,17,19-22,24,31,38H,5-6,9-16,18H2,1H3,(H,41,47,48)/t21-,24-,31?. The van der Waals surface area contributed by atoms with Gasteiger partial charge in [0, 0.05) is 62.5 Å². The van der Waals surface area contributed by atoms with Crippen molar-refractivity contribution >= 4 is 46.0 Å². The summed E-state index contributed by atoms with van der Waals surface area (Å²) in [7, 11) is 2.16. The largest absolute Gasteiger partial charge is 0.385 e. The molecule has 0 bridgehead atoms. The average Bonchev–Trinajstić information content (AvgIpc) is 3.81. The van der Waals surface area contributed by atoms with Crippen molar-refractivity contribution in [2.24, 2.45) is 5.92 Å². The second-order valence-electron chi connectivity index (χ2n) is 14.5. The molecule has 5 aliphatic rings. The third-order valence-corrected chi connectivity index (χ3v) is 11.0. The fourth-order valence-corrected chi connectivity index (χ4v) is 7.83. The van der Waals surface area contributed by atoms with Gasteiger partial charge in [-0.15, -0.1) is 0 Å². The Hall–Kier alpha value is -5.17. The molecule has 0 radical (unpaired) electrons. The summed E-state index contributed by atoms with van der Waals surface area (Å²) in [6.45, 7) is 4.76. The molecule has 2 saturated carbocycles. The third-order valence-electron chi connectivity index (χ3n) is 11.0. The number of piperazine rings is 1. The van der Waals surface area contributed by atoms with Crippen LogP contribution in [0, 0.1) is 5.92 Å². The number of para-hydroxylation sites is 1. The molecule has 50 heavy (non-hydrogen) atoms. The van der Waals surface area contributed by atoms with Crippen LogP contribution in [0.1, 0.15) is 76.9 Å². The lowest BCUT2D eigenvalue weighted by Crippen LogP contribution is -2.54. The maximum atomic E-state index is 13.2. The van der Waals surface area contributed by atoms with Crippen LogP contribution in [0.4, 0.5) is 11.4 Å². The normalized spacial score (nSPS) is 24.1. The summed E-state index contributed by atoms with van der Waals surface area (Å²) >= 11 is 0. The number of hydrogen-bond donors (Lipinski definition) is 2. The molecule has 1 atom stereocenters. The zero-order valence-corrected chi connectivity index (χ0v) is 28.0. The minimum Gasteiger partial charge on any atom is -0.385 e. The SMILES string of the molecule is CN1CCN(c2cccc3nc(-c4cn([C@H]5C[C@H](CNc6ccc7c(c6)C(=O)N(C6CCC(=O)NC6=O)C7=O)C5)nc4C4CC4)cnc23)CC1. The van der Waals surface area contributed by atoms with Crippen LogP contribution in [0.15, 0.2) is 48.8 Å². The number of hydrogen-bond acceptors (Lipinski definition) is 10. The topological polar surface area (TPSA) is 146 Å². The molecule has 256 valence electrons. The Morgan fingerprint density at radius 2 is 1.72 bits per heavy atom. The minimum absolute atomic E-state index is 0.0937. The smallest absolute Gasteiger partial charge is 0.262 e. The van der Waals surface area contributed by atoms with Gasteiger partial charge in [0.05, 0.1) is 46.0 Å². The molecule has 3 aliphatic heterocycles. The maximum Gasteiger partial charge on any atom is 0.262 e.